The van der Waals surface area contributed by atoms with E-state index < -0.39 is 0 Å². The maximum Gasteiger partial charge on any atom is 0.0195 e. The zero-order valence-corrected chi connectivity index (χ0v) is 4.94. The van der Waals surface area contributed by atoms with Crippen molar-refractivity contribution < 1.29 is 0 Å². The highest BCUT2D eigenvalue weighted by Crippen LogP contribution is 1.82. The predicted octanol–water partition coefficient (Wildman–Crippen LogP) is 2.00. The average Bonchev–Trinajstić information content (AvgIpc) is 1.68. The van der Waals surface area contributed by atoms with Crippen molar-refractivity contribution in [1.29, 1.82) is 0 Å². The standard InChI is InChI=1S/C6H11N/c1-4-6(3)7-5-2/h5H,2,4H2,1,3H3/b7-6+. The van der Waals surface area contributed by atoms with Crippen molar-refractivity contribution in [3.63, 3.8) is 0 Å². The molecule has 0 aromatic heterocycles. The summed E-state index contributed by atoms with van der Waals surface area (Å²) in [5.74, 6) is 0. The topological polar surface area (TPSA) is 12.4 Å². The van der Waals surface area contributed by atoms with E-state index in [0.29, 0.717) is 0 Å². The molecule has 0 spiro atoms. The van der Waals surface area contributed by atoms with Crippen LogP contribution in [0.5, 0.6) is 0 Å². The molecule has 0 aliphatic heterocycles. The third-order valence-electron chi connectivity index (χ3n) is 0.823. The second kappa shape index (κ2) is 3.59. The predicted molar refractivity (Wildman–Crippen MR) is 33.6 cm³/mol. The van der Waals surface area contributed by atoms with Crippen molar-refractivity contribution >= 4 is 5.71 Å². The second-order valence-electron chi connectivity index (χ2n) is 1.40. The summed E-state index contributed by atoms with van der Waals surface area (Å²) in [6.07, 6.45) is 2.59. The molecule has 1 heteroatoms. The van der Waals surface area contributed by atoms with Crippen molar-refractivity contribution in [3.05, 3.63) is 12.8 Å². The SMILES string of the molecule is C=C/N=C(\C)CC. The molecular formula is C6H11N. The molecule has 40 valence electrons. The van der Waals surface area contributed by atoms with Gasteiger partial charge in [0.1, 0.15) is 0 Å². The minimum absolute atomic E-state index is 1.02. The van der Waals surface area contributed by atoms with Gasteiger partial charge in [-0.2, -0.15) is 0 Å². The molecule has 1 nitrogen and oxygen atoms in total. The minimum atomic E-state index is 1.02. The third kappa shape index (κ3) is 3.23. The number of rotatable bonds is 2. The zero-order chi connectivity index (χ0) is 5.70. The lowest BCUT2D eigenvalue weighted by atomic mass is 10.3. The van der Waals surface area contributed by atoms with Gasteiger partial charge in [0.25, 0.3) is 0 Å². The van der Waals surface area contributed by atoms with Gasteiger partial charge in [-0.25, -0.2) is 0 Å². The van der Waals surface area contributed by atoms with E-state index in [1.54, 1.807) is 6.20 Å². The van der Waals surface area contributed by atoms with Gasteiger partial charge >= 0.3 is 0 Å². The molecule has 0 saturated heterocycles. The van der Waals surface area contributed by atoms with Gasteiger partial charge in [-0.05, 0) is 13.3 Å². The Balaban J connectivity index is 3.49. The van der Waals surface area contributed by atoms with E-state index in [1.807, 2.05) is 6.92 Å². The number of nitrogens with zero attached hydrogens (tertiary/aromatic N) is 1. The summed E-state index contributed by atoms with van der Waals surface area (Å²) < 4.78 is 0. The molecule has 0 saturated carbocycles. The number of hydrogen-bond acceptors (Lipinski definition) is 1. The van der Waals surface area contributed by atoms with Gasteiger partial charge in [0.05, 0.1) is 0 Å². The third-order valence-corrected chi connectivity index (χ3v) is 0.823. The number of hydrogen-bond donors (Lipinski definition) is 0. The molecule has 0 aromatic rings. The van der Waals surface area contributed by atoms with Crippen molar-refractivity contribution in [2.45, 2.75) is 20.3 Å². The van der Waals surface area contributed by atoms with Crippen LogP contribution >= 0.6 is 0 Å². The first kappa shape index (κ1) is 6.41. The summed E-state index contributed by atoms with van der Waals surface area (Å²) in [6, 6.07) is 0. The Morgan fingerprint density at radius 2 is 2.43 bits per heavy atom. The number of aliphatic imine (C=N–C) groups is 1. The van der Waals surface area contributed by atoms with E-state index in [1.165, 1.54) is 0 Å². The van der Waals surface area contributed by atoms with Crippen LogP contribution in [0.2, 0.25) is 0 Å². The Kier molecular flexibility index (Phi) is 3.29. The quantitative estimate of drug-likeness (QED) is 0.467. The largest absolute Gasteiger partial charge is 0.267 e. The van der Waals surface area contributed by atoms with Crippen LogP contribution in [0, 0.1) is 0 Å². The zero-order valence-electron chi connectivity index (χ0n) is 4.94. The molecule has 0 radical (unpaired) electrons. The van der Waals surface area contributed by atoms with Crippen molar-refractivity contribution in [3.8, 4) is 0 Å². The van der Waals surface area contributed by atoms with Crippen LogP contribution < -0.4 is 0 Å². The van der Waals surface area contributed by atoms with Crippen molar-refractivity contribution in [1.82, 2.24) is 0 Å². The summed E-state index contributed by atoms with van der Waals surface area (Å²) in [4.78, 5) is 3.92. The fraction of sp³-hybridized carbons (Fsp3) is 0.500. The minimum Gasteiger partial charge on any atom is -0.267 e. The monoisotopic (exact) mass is 97.1 g/mol. The Morgan fingerprint density at radius 3 is 2.57 bits per heavy atom. The first-order chi connectivity index (χ1) is 3.31. The molecule has 0 fully saturated rings. The second-order valence-corrected chi connectivity index (χ2v) is 1.40. The highest BCUT2D eigenvalue weighted by atomic mass is 14.7. The molecule has 0 rings (SSSR count). The lowest BCUT2D eigenvalue weighted by Gasteiger charge is -1.85. The molecule has 0 heterocycles. The highest BCUT2D eigenvalue weighted by molar-refractivity contribution is 5.81. The molecular weight excluding hydrogens is 86.1 g/mol. The molecule has 0 amide bonds. The lowest BCUT2D eigenvalue weighted by Crippen LogP contribution is -1.82. The summed E-state index contributed by atoms with van der Waals surface area (Å²) in [7, 11) is 0. The van der Waals surface area contributed by atoms with E-state index in [-0.39, 0.29) is 0 Å². The van der Waals surface area contributed by atoms with Gasteiger partial charge in [-0.3, -0.25) is 4.99 Å². The van der Waals surface area contributed by atoms with Gasteiger partial charge in [0.2, 0.25) is 0 Å². The maximum atomic E-state index is 3.92. The van der Waals surface area contributed by atoms with Crippen LogP contribution in [-0.2, 0) is 0 Å². The first-order valence-corrected chi connectivity index (χ1v) is 2.45. The molecule has 0 aromatic carbocycles. The Labute approximate surface area is 44.8 Å². The molecule has 0 aliphatic carbocycles. The summed E-state index contributed by atoms with van der Waals surface area (Å²) in [5.41, 5.74) is 1.13. The summed E-state index contributed by atoms with van der Waals surface area (Å²) in [6.45, 7) is 7.52. The normalized spacial score (nSPS) is 11.4. The van der Waals surface area contributed by atoms with Gasteiger partial charge in [-0.1, -0.05) is 13.5 Å². The van der Waals surface area contributed by atoms with Crippen LogP contribution in [-0.4, -0.2) is 5.71 Å². The highest BCUT2D eigenvalue weighted by Gasteiger charge is 1.76. The van der Waals surface area contributed by atoms with Crippen molar-refractivity contribution in [2.24, 2.45) is 4.99 Å². The molecule has 7 heavy (non-hydrogen) atoms. The van der Waals surface area contributed by atoms with E-state index >= 15 is 0 Å². The fourth-order valence-corrected chi connectivity index (χ4v) is 0.247. The van der Waals surface area contributed by atoms with Gasteiger partial charge < -0.3 is 0 Å². The summed E-state index contributed by atoms with van der Waals surface area (Å²) in [5, 5.41) is 0. The van der Waals surface area contributed by atoms with Crippen LogP contribution in [0.15, 0.2) is 17.8 Å². The van der Waals surface area contributed by atoms with Crippen molar-refractivity contribution in [2.75, 3.05) is 0 Å². The molecule has 0 aliphatic rings. The smallest absolute Gasteiger partial charge is 0.0195 e. The Hall–Kier alpha value is -0.590. The van der Waals surface area contributed by atoms with E-state index in [2.05, 4.69) is 18.5 Å². The lowest BCUT2D eigenvalue weighted by molar-refractivity contribution is 1.25. The molecule has 0 atom stereocenters. The maximum absolute atomic E-state index is 3.92. The molecule has 0 unspecified atom stereocenters. The van der Waals surface area contributed by atoms with E-state index in [0.717, 1.165) is 12.1 Å². The van der Waals surface area contributed by atoms with Crippen LogP contribution in [0.25, 0.3) is 0 Å². The van der Waals surface area contributed by atoms with Gasteiger partial charge in [0.15, 0.2) is 0 Å². The molecule has 0 N–H and O–H groups in total. The van der Waals surface area contributed by atoms with Gasteiger partial charge in [-0.15, -0.1) is 0 Å². The van der Waals surface area contributed by atoms with E-state index in [4.69, 9.17) is 0 Å². The average molecular weight is 97.2 g/mol. The molecule has 0 bridgehead atoms. The first-order valence-electron chi connectivity index (χ1n) is 2.45. The van der Waals surface area contributed by atoms with Crippen LogP contribution in [0.3, 0.4) is 0 Å². The Morgan fingerprint density at radius 1 is 1.86 bits per heavy atom. The van der Waals surface area contributed by atoms with Crippen LogP contribution in [0.1, 0.15) is 20.3 Å². The summed E-state index contributed by atoms with van der Waals surface area (Å²) >= 11 is 0. The Bertz CT molecular complexity index is 82.2. The van der Waals surface area contributed by atoms with E-state index in [9.17, 15) is 0 Å². The van der Waals surface area contributed by atoms with Crippen LogP contribution in [0.4, 0.5) is 0 Å². The fourth-order valence-electron chi connectivity index (χ4n) is 0.247. The van der Waals surface area contributed by atoms with Gasteiger partial charge in [0, 0.05) is 11.9 Å².